The van der Waals surface area contributed by atoms with E-state index in [9.17, 15) is 14.4 Å². The van der Waals surface area contributed by atoms with Crippen molar-refractivity contribution in [2.45, 2.75) is 13.8 Å². The lowest BCUT2D eigenvalue weighted by atomic mass is 10.2. The monoisotopic (exact) mass is 393 g/mol. The Morgan fingerprint density at radius 2 is 1.71 bits per heavy atom. The van der Waals surface area contributed by atoms with E-state index < -0.39 is 11.8 Å². The highest BCUT2D eigenvalue weighted by molar-refractivity contribution is 9.10. The number of hydrogen-bond donors (Lipinski definition) is 3. The minimum atomic E-state index is -0.549. The molecule has 1 aromatic carbocycles. The number of carbonyl (C=O) groups is 3. The summed E-state index contributed by atoms with van der Waals surface area (Å²) in [7, 11) is 0. The zero-order valence-corrected chi connectivity index (χ0v) is 14.7. The Morgan fingerprint density at radius 1 is 1.04 bits per heavy atom. The number of hydrogen-bond acceptors (Lipinski definition) is 4. The van der Waals surface area contributed by atoms with Gasteiger partial charge in [0.15, 0.2) is 0 Å². The summed E-state index contributed by atoms with van der Waals surface area (Å²) in [6, 6.07) is 8.28. The van der Waals surface area contributed by atoms with E-state index in [1.54, 1.807) is 44.2 Å². The van der Waals surface area contributed by atoms with Crippen molar-refractivity contribution < 1.29 is 18.8 Å². The first kappa shape index (κ1) is 17.7. The highest BCUT2D eigenvalue weighted by atomic mass is 79.9. The molecule has 3 N–H and O–H groups in total. The van der Waals surface area contributed by atoms with E-state index in [0.717, 1.165) is 4.47 Å². The predicted octanol–water partition coefficient (Wildman–Crippen LogP) is 1.85. The lowest BCUT2D eigenvalue weighted by molar-refractivity contribution is -0.120. The molecule has 1 heterocycles. The second-order valence-corrected chi connectivity index (χ2v) is 5.93. The number of rotatable bonds is 4. The van der Waals surface area contributed by atoms with Crippen LogP contribution in [0.25, 0.3) is 0 Å². The van der Waals surface area contributed by atoms with Crippen molar-refractivity contribution in [2.24, 2.45) is 0 Å². The Hall–Kier alpha value is -2.61. The van der Waals surface area contributed by atoms with Gasteiger partial charge in [0.05, 0.1) is 12.1 Å². The first-order valence-corrected chi connectivity index (χ1v) is 7.86. The normalized spacial score (nSPS) is 10.1. The van der Waals surface area contributed by atoms with Crippen LogP contribution in [0.15, 0.2) is 39.2 Å². The van der Waals surface area contributed by atoms with Crippen LogP contribution in [0.1, 0.15) is 32.2 Å². The van der Waals surface area contributed by atoms with Crippen molar-refractivity contribution in [3.05, 3.63) is 57.5 Å². The van der Waals surface area contributed by atoms with Crippen LogP contribution in [0, 0.1) is 13.8 Å². The number of hydrazine groups is 1. The molecule has 0 atom stereocenters. The van der Waals surface area contributed by atoms with Gasteiger partial charge in [0.2, 0.25) is 0 Å². The number of halogens is 1. The summed E-state index contributed by atoms with van der Waals surface area (Å²) in [5.74, 6) is -0.359. The van der Waals surface area contributed by atoms with Crippen molar-refractivity contribution in [3.63, 3.8) is 0 Å². The zero-order chi connectivity index (χ0) is 17.7. The molecule has 126 valence electrons. The average Bonchev–Trinajstić information content (AvgIpc) is 2.89. The molecule has 24 heavy (non-hydrogen) atoms. The molecule has 0 aliphatic rings. The standard InChI is InChI=1S/C16H16BrN3O4/c1-9-7-13(10(2)24-9)16(23)20-19-14(21)8-18-15(22)11-3-5-12(17)6-4-11/h3-7H,8H2,1-2H3,(H,18,22)(H,19,21)(H,20,23). The van der Waals surface area contributed by atoms with Gasteiger partial charge in [-0.2, -0.15) is 0 Å². The number of nitrogens with one attached hydrogen (secondary N) is 3. The highest BCUT2D eigenvalue weighted by Crippen LogP contribution is 2.13. The largest absolute Gasteiger partial charge is 0.466 e. The highest BCUT2D eigenvalue weighted by Gasteiger charge is 2.14. The average molecular weight is 394 g/mol. The smallest absolute Gasteiger partial charge is 0.273 e. The molecule has 7 nitrogen and oxygen atoms in total. The second-order valence-electron chi connectivity index (χ2n) is 5.02. The number of carbonyl (C=O) groups excluding carboxylic acids is 3. The van der Waals surface area contributed by atoms with E-state index in [-0.39, 0.29) is 12.5 Å². The first-order valence-electron chi connectivity index (χ1n) is 7.07. The fraction of sp³-hybridized carbons (Fsp3) is 0.188. The number of aryl methyl sites for hydroxylation is 2. The molecule has 0 unspecified atom stereocenters. The van der Waals surface area contributed by atoms with Crippen LogP contribution in [0.5, 0.6) is 0 Å². The maximum atomic E-state index is 11.9. The lowest BCUT2D eigenvalue weighted by Gasteiger charge is -2.08. The topological polar surface area (TPSA) is 100 Å². The molecule has 2 rings (SSSR count). The summed E-state index contributed by atoms with van der Waals surface area (Å²) in [5, 5.41) is 2.46. The van der Waals surface area contributed by atoms with Crippen LogP contribution in [0.4, 0.5) is 0 Å². The summed E-state index contributed by atoms with van der Waals surface area (Å²) in [4.78, 5) is 35.4. The maximum absolute atomic E-state index is 11.9. The Balaban J connectivity index is 1.79. The molecule has 0 spiro atoms. The van der Waals surface area contributed by atoms with Crippen LogP contribution < -0.4 is 16.2 Å². The van der Waals surface area contributed by atoms with E-state index in [2.05, 4.69) is 32.1 Å². The minimum Gasteiger partial charge on any atom is -0.466 e. The van der Waals surface area contributed by atoms with Gasteiger partial charge in [-0.1, -0.05) is 15.9 Å². The number of furan rings is 1. The van der Waals surface area contributed by atoms with Gasteiger partial charge in [0.25, 0.3) is 17.7 Å². The lowest BCUT2D eigenvalue weighted by Crippen LogP contribution is -2.46. The summed E-state index contributed by atoms with van der Waals surface area (Å²) >= 11 is 3.27. The Labute approximate surface area is 146 Å². The third-order valence-corrected chi connectivity index (χ3v) is 3.65. The summed E-state index contributed by atoms with van der Waals surface area (Å²) < 4.78 is 6.10. The zero-order valence-electron chi connectivity index (χ0n) is 13.1. The molecule has 0 bridgehead atoms. The van der Waals surface area contributed by atoms with Crippen molar-refractivity contribution >= 4 is 33.7 Å². The summed E-state index contributed by atoms with van der Waals surface area (Å²) in [5.41, 5.74) is 5.27. The van der Waals surface area contributed by atoms with Gasteiger partial charge in [-0.15, -0.1) is 0 Å². The fourth-order valence-electron chi connectivity index (χ4n) is 1.96. The van der Waals surface area contributed by atoms with Gasteiger partial charge >= 0.3 is 0 Å². The molecule has 3 amide bonds. The quantitative estimate of drug-likeness (QED) is 0.689. The van der Waals surface area contributed by atoms with Gasteiger partial charge < -0.3 is 9.73 Å². The molecule has 0 saturated heterocycles. The van der Waals surface area contributed by atoms with Gasteiger partial charge in [-0.05, 0) is 44.2 Å². The van der Waals surface area contributed by atoms with Crippen molar-refractivity contribution in [3.8, 4) is 0 Å². The van der Waals surface area contributed by atoms with Crippen LogP contribution in [-0.4, -0.2) is 24.3 Å². The minimum absolute atomic E-state index is 0.265. The third kappa shape index (κ3) is 4.69. The van der Waals surface area contributed by atoms with Crippen molar-refractivity contribution in [1.29, 1.82) is 0 Å². The van der Waals surface area contributed by atoms with Crippen LogP contribution in [0.2, 0.25) is 0 Å². The molecular formula is C16H16BrN3O4. The van der Waals surface area contributed by atoms with E-state index in [1.807, 2.05) is 0 Å². The SMILES string of the molecule is Cc1cc(C(=O)NNC(=O)CNC(=O)c2ccc(Br)cc2)c(C)o1. The summed E-state index contributed by atoms with van der Waals surface area (Å²) in [6.45, 7) is 3.11. The third-order valence-electron chi connectivity index (χ3n) is 3.12. The Morgan fingerprint density at radius 3 is 2.29 bits per heavy atom. The Kier molecular flexibility index (Phi) is 5.75. The molecule has 8 heteroatoms. The van der Waals surface area contributed by atoms with E-state index in [0.29, 0.717) is 22.6 Å². The van der Waals surface area contributed by atoms with E-state index in [4.69, 9.17) is 4.42 Å². The number of benzene rings is 1. The van der Waals surface area contributed by atoms with Crippen LogP contribution >= 0.6 is 15.9 Å². The second kappa shape index (κ2) is 7.78. The van der Waals surface area contributed by atoms with Gasteiger partial charge in [-0.3, -0.25) is 25.2 Å². The summed E-state index contributed by atoms with van der Waals surface area (Å²) in [6.07, 6.45) is 0. The van der Waals surface area contributed by atoms with Gasteiger partial charge in [0.1, 0.15) is 11.5 Å². The van der Waals surface area contributed by atoms with Crippen LogP contribution in [0.3, 0.4) is 0 Å². The molecular weight excluding hydrogens is 378 g/mol. The molecule has 0 radical (unpaired) electrons. The van der Waals surface area contributed by atoms with Crippen molar-refractivity contribution in [2.75, 3.05) is 6.54 Å². The van der Waals surface area contributed by atoms with Crippen LogP contribution in [-0.2, 0) is 4.79 Å². The first-order chi connectivity index (χ1) is 11.4. The van der Waals surface area contributed by atoms with Gasteiger partial charge in [-0.25, -0.2) is 0 Å². The molecule has 1 aromatic heterocycles. The van der Waals surface area contributed by atoms with E-state index >= 15 is 0 Å². The molecule has 0 saturated carbocycles. The Bertz CT molecular complexity index is 768. The van der Waals surface area contributed by atoms with Crippen molar-refractivity contribution in [1.82, 2.24) is 16.2 Å². The molecule has 0 aliphatic carbocycles. The molecule has 0 fully saturated rings. The maximum Gasteiger partial charge on any atom is 0.273 e. The number of amides is 3. The predicted molar refractivity (Wildman–Crippen MR) is 90.3 cm³/mol. The van der Waals surface area contributed by atoms with E-state index in [1.165, 1.54) is 0 Å². The van der Waals surface area contributed by atoms with Gasteiger partial charge in [0, 0.05) is 10.0 Å². The molecule has 0 aliphatic heterocycles. The molecule has 2 aromatic rings. The fourth-order valence-corrected chi connectivity index (χ4v) is 2.22.